The maximum absolute atomic E-state index is 13.8. The Balaban J connectivity index is 1.74. The van der Waals surface area contributed by atoms with Crippen LogP contribution in [0.2, 0.25) is 0 Å². The van der Waals surface area contributed by atoms with Crippen molar-refractivity contribution in [1.82, 2.24) is 5.32 Å². The average molecular weight is 402 g/mol. The van der Waals surface area contributed by atoms with Crippen LogP contribution in [0.3, 0.4) is 0 Å². The number of nitrogens with one attached hydrogen (secondary N) is 1. The lowest BCUT2D eigenvalue weighted by molar-refractivity contribution is -0.131. The van der Waals surface area contributed by atoms with Gasteiger partial charge in [0, 0.05) is 19.8 Å². The number of ether oxygens (including phenoxy) is 1. The second-order valence-electron chi connectivity index (χ2n) is 7.34. The number of nitrogens with two attached hydrogens (primary N) is 1. The Morgan fingerprint density at radius 3 is 2.38 bits per heavy atom. The number of benzene rings is 2. The SMILES string of the molecule is NC(=O)C(CNC(=O)C1(c2cccc(F)c2)CCOCC1)Cc1ccc(F)cc1. The third kappa shape index (κ3) is 4.98. The number of hydrogen-bond acceptors (Lipinski definition) is 3. The Kier molecular flexibility index (Phi) is 6.59. The molecule has 1 aliphatic heterocycles. The molecule has 0 radical (unpaired) electrons. The van der Waals surface area contributed by atoms with Gasteiger partial charge in [0.05, 0.1) is 11.3 Å². The summed E-state index contributed by atoms with van der Waals surface area (Å²) in [4.78, 5) is 25.0. The maximum Gasteiger partial charge on any atom is 0.230 e. The van der Waals surface area contributed by atoms with Gasteiger partial charge in [-0.05, 0) is 54.7 Å². The van der Waals surface area contributed by atoms with E-state index in [0.717, 1.165) is 5.56 Å². The van der Waals surface area contributed by atoms with Crippen LogP contribution in [0.25, 0.3) is 0 Å². The van der Waals surface area contributed by atoms with Gasteiger partial charge in [0.1, 0.15) is 11.6 Å². The van der Waals surface area contributed by atoms with Gasteiger partial charge in [0.2, 0.25) is 11.8 Å². The molecule has 3 N–H and O–H groups in total. The number of rotatable bonds is 7. The van der Waals surface area contributed by atoms with Crippen LogP contribution in [0.15, 0.2) is 48.5 Å². The fraction of sp³-hybridized carbons (Fsp3) is 0.364. The van der Waals surface area contributed by atoms with E-state index < -0.39 is 23.1 Å². The fourth-order valence-electron chi connectivity index (χ4n) is 3.72. The number of carbonyl (C=O) groups is 2. The molecule has 2 amide bonds. The van der Waals surface area contributed by atoms with Crippen molar-refractivity contribution in [3.05, 3.63) is 71.3 Å². The van der Waals surface area contributed by atoms with Crippen LogP contribution < -0.4 is 11.1 Å². The Morgan fingerprint density at radius 1 is 1.07 bits per heavy atom. The van der Waals surface area contributed by atoms with Gasteiger partial charge in [-0.1, -0.05) is 24.3 Å². The van der Waals surface area contributed by atoms with Gasteiger partial charge in [-0.3, -0.25) is 9.59 Å². The molecular formula is C22H24F2N2O3. The highest BCUT2D eigenvalue weighted by Crippen LogP contribution is 2.35. The summed E-state index contributed by atoms with van der Waals surface area (Å²) in [5.74, 6) is -2.26. The lowest BCUT2D eigenvalue weighted by atomic mass is 9.73. The van der Waals surface area contributed by atoms with Crippen molar-refractivity contribution in [3.8, 4) is 0 Å². The molecule has 0 spiro atoms. The molecule has 0 bridgehead atoms. The lowest BCUT2D eigenvalue weighted by Crippen LogP contribution is -2.50. The predicted octanol–water partition coefficient (Wildman–Crippen LogP) is 2.47. The van der Waals surface area contributed by atoms with Gasteiger partial charge in [-0.15, -0.1) is 0 Å². The molecule has 2 aromatic rings. The lowest BCUT2D eigenvalue weighted by Gasteiger charge is -2.36. The van der Waals surface area contributed by atoms with Gasteiger partial charge < -0.3 is 15.8 Å². The first kappa shape index (κ1) is 20.9. The van der Waals surface area contributed by atoms with E-state index in [4.69, 9.17) is 10.5 Å². The fourth-order valence-corrected chi connectivity index (χ4v) is 3.72. The number of amides is 2. The second-order valence-corrected chi connectivity index (χ2v) is 7.34. The van der Waals surface area contributed by atoms with E-state index in [1.165, 1.54) is 24.3 Å². The standard InChI is InChI=1S/C22H24F2N2O3/c23-18-6-4-15(5-7-18)12-16(20(25)27)14-26-21(28)22(8-10-29-11-9-22)17-2-1-3-19(24)13-17/h1-7,13,16H,8-12,14H2,(H2,25,27)(H,26,28). The molecule has 1 unspecified atom stereocenters. The zero-order valence-corrected chi connectivity index (χ0v) is 16.0. The molecule has 3 rings (SSSR count). The molecule has 1 fully saturated rings. The molecule has 29 heavy (non-hydrogen) atoms. The van der Waals surface area contributed by atoms with Gasteiger partial charge in [-0.25, -0.2) is 8.78 Å². The minimum absolute atomic E-state index is 0.0451. The van der Waals surface area contributed by atoms with E-state index in [-0.39, 0.29) is 24.7 Å². The van der Waals surface area contributed by atoms with Gasteiger partial charge in [0.15, 0.2) is 0 Å². The third-order valence-corrected chi connectivity index (χ3v) is 5.46. The molecule has 154 valence electrons. The quantitative estimate of drug-likeness (QED) is 0.747. The first-order valence-corrected chi connectivity index (χ1v) is 9.56. The highest BCUT2D eigenvalue weighted by atomic mass is 19.1. The second kappa shape index (κ2) is 9.13. The molecule has 1 saturated heterocycles. The third-order valence-electron chi connectivity index (χ3n) is 5.46. The molecule has 0 aliphatic carbocycles. The minimum Gasteiger partial charge on any atom is -0.381 e. The van der Waals surface area contributed by atoms with E-state index in [1.54, 1.807) is 24.3 Å². The van der Waals surface area contributed by atoms with E-state index in [2.05, 4.69) is 5.32 Å². The van der Waals surface area contributed by atoms with Crippen molar-refractivity contribution in [1.29, 1.82) is 0 Å². The van der Waals surface area contributed by atoms with Crippen molar-refractivity contribution in [2.75, 3.05) is 19.8 Å². The van der Waals surface area contributed by atoms with Crippen LogP contribution in [0.1, 0.15) is 24.0 Å². The Hall–Kier alpha value is -2.80. The highest BCUT2D eigenvalue weighted by molar-refractivity contribution is 5.89. The first-order chi connectivity index (χ1) is 13.9. The minimum atomic E-state index is -0.918. The van der Waals surface area contributed by atoms with Crippen LogP contribution in [0, 0.1) is 17.6 Å². The zero-order chi connectivity index (χ0) is 20.9. The van der Waals surface area contributed by atoms with Gasteiger partial charge in [-0.2, -0.15) is 0 Å². The summed E-state index contributed by atoms with van der Waals surface area (Å²) in [6, 6.07) is 11.8. The summed E-state index contributed by atoms with van der Waals surface area (Å²) in [5.41, 5.74) is 5.93. The largest absolute Gasteiger partial charge is 0.381 e. The summed E-state index contributed by atoms with van der Waals surface area (Å²) >= 11 is 0. The van der Waals surface area contributed by atoms with E-state index in [1.807, 2.05) is 0 Å². The smallest absolute Gasteiger partial charge is 0.230 e. The van der Waals surface area contributed by atoms with Crippen molar-refractivity contribution >= 4 is 11.8 Å². The zero-order valence-electron chi connectivity index (χ0n) is 16.0. The van der Waals surface area contributed by atoms with Crippen molar-refractivity contribution in [2.45, 2.75) is 24.7 Å². The Morgan fingerprint density at radius 2 is 1.76 bits per heavy atom. The normalized spacial score (nSPS) is 16.8. The van der Waals surface area contributed by atoms with Crippen LogP contribution in [-0.2, 0) is 26.2 Å². The van der Waals surface area contributed by atoms with Crippen LogP contribution in [0.4, 0.5) is 8.78 Å². The Bertz CT molecular complexity index is 865. The molecule has 2 aromatic carbocycles. The van der Waals surface area contributed by atoms with Gasteiger partial charge >= 0.3 is 0 Å². The molecule has 1 atom stereocenters. The molecule has 5 nitrogen and oxygen atoms in total. The Labute approximate surface area is 168 Å². The summed E-state index contributed by atoms with van der Waals surface area (Å²) in [7, 11) is 0. The summed E-state index contributed by atoms with van der Waals surface area (Å²) in [5, 5.41) is 2.83. The first-order valence-electron chi connectivity index (χ1n) is 9.56. The number of halogens is 2. The van der Waals surface area contributed by atoms with Crippen LogP contribution in [-0.4, -0.2) is 31.6 Å². The van der Waals surface area contributed by atoms with E-state index in [9.17, 15) is 18.4 Å². The topological polar surface area (TPSA) is 81.4 Å². The van der Waals surface area contributed by atoms with Crippen molar-refractivity contribution in [2.24, 2.45) is 11.7 Å². The molecule has 0 saturated carbocycles. The molecule has 1 aliphatic rings. The molecule has 7 heteroatoms. The van der Waals surface area contributed by atoms with Crippen LogP contribution in [0.5, 0.6) is 0 Å². The number of carbonyl (C=O) groups excluding carboxylic acids is 2. The van der Waals surface area contributed by atoms with Crippen molar-refractivity contribution < 1.29 is 23.1 Å². The van der Waals surface area contributed by atoms with Crippen LogP contribution >= 0.6 is 0 Å². The molecular weight excluding hydrogens is 378 g/mol. The van der Waals surface area contributed by atoms with Gasteiger partial charge in [0.25, 0.3) is 0 Å². The van der Waals surface area contributed by atoms with Crippen molar-refractivity contribution in [3.63, 3.8) is 0 Å². The molecule has 1 heterocycles. The monoisotopic (exact) mass is 402 g/mol. The highest BCUT2D eigenvalue weighted by Gasteiger charge is 2.42. The average Bonchev–Trinajstić information content (AvgIpc) is 2.72. The summed E-state index contributed by atoms with van der Waals surface area (Å²) in [6.45, 7) is 0.820. The summed E-state index contributed by atoms with van der Waals surface area (Å²) in [6.07, 6.45) is 1.12. The van der Waals surface area contributed by atoms with E-state index >= 15 is 0 Å². The van der Waals surface area contributed by atoms with E-state index in [0.29, 0.717) is 31.6 Å². The maximum atomic E-state index is 13.8. The number of primary amides is 1. The predicted molar refractivity (Wildman–Crippen MR) is 104 cm³/mol. The number of hydrogen-bond donors (Lipinski definition) is 2. The molecule has 0 aromatic heterocycles. The summed E-state index contributed by atoms with van der Waals surface area (Å²) < 4.78 is 32.3.